The Morgan fingerprint density at radius 1 is 1.06 bits per heavy atom. The molecule has 0 atom stereocenters. The van der Waals surface area contributed by atoms with Crippen LogP contribution in [-0.2, 0) is 24.3 Å². The molecule has 7 nitrogen and oxygen atoms in total. The van der Waals surface area contributed by atoms with Crippen LogP contribution in [0.5, 0.6) is 5.75 Å². The number of fused-ring (bicyclic) bond motifs is 2. The summed E-state index contributed by atoms with van der Waals surface area (Å²) in [4.78, 5) is 27.4. The zero-order chi connectivity index (χ0) is 24.4. The minimum atomic E-state index is -0.451. The fraction of sp³-hybridized carbons (Fsp3) is 0.148. The number of rotatable bonds is 5. The summed E-state index contributed by atoms with van der Waals surface area (Å²) in [5.41, 5.74) is 6.95. The molecule has 1 aliphatic rings. The van der Waals surface area contributed by atoms with Gasteiger partial charge in [0.1, 0.15) is 12.3 Å². The van der Waals surface area contributed by atoms with Crippen molar-refractivity contribution >= 4 is 40.5 Å². The molecule has 0 aliphatic carbocycles. The summed E-state index contributed by atoms with van der Waals surface area (Å²) in [7, 11) is 0. The molecule has 2 N–H and O–H groups in total. The number of halogens is 1. The molecule has 1 aliphatic heterocycles. The molecule has 4 aromatic rings. The van der Waals surface area contributed by atoms with Gasteiger partial charge < -0.3 is 14.6 Å². The minimum Gasteiger partial charge on any atom is -0.506 e. The maximum atomic E-state index is 13.1. The molecule has 0 fully saturated rings. The third kappa shape index (κ3) is 4.76. The van der Waals surface area contributed by atoms with E-state index in [0.29, 0.717) is 13.1 Å². The van der Waals surface area contributed by atoms with Crippen LogP contribution in [0.15, 0.2) is 78.0 Å². The molecule has 2 heterocycles. The van der Waals surface area contributed by atoms with E-state index < -0.39 is 5.91 Å². The van der Waals surface area contributed by atoms with Crippen molar-refractivity contribution in [2.75, 3.05) is 6.54 Å². The maximum absolute atomic E-state index is 13.1. The molecular weight excluding hydrogens is 464 g/mol. The van der Waals surface area contributed by atoms with Crippen LogP contribution in [0.1, 0.15) is 27.0 Å². The number of nitrogens with zero attached hydrogens (tertiary/aromatic N) is 3. The Balaban J connectivity index is 1.31. The molecule has 2 amide bonds. The van der Waals surface area contributed by atoms with Gasteiger partial charge in [0.25, 0.3) is 5.91 Å². The van der Waals surface area contributed by atoms with Crippen molar-refractivity contribution < 1.29 is 14.7 Å². The molecular formula is C27H23ClN4O3. The van der Waals surface area contributed by atoms with E-state index in [9.17, 15) is 14.7 Å². The van der Waals surface area contributed by atoms with Gasteiger partial charge in [0.2, 0.25) is 5.91 Å². The van der Waals surface area contributed by atoms with Crippen LogP contribution in [-0.4, -0.2) is 39.1 Å². The van der Waals surface area contributed by atoms with Crippen molar-refractivity contribution in [3.05, 3.63) is 100 Å². The number of hydrazone groups is 1. The maximum Gasteiger partial charge on any atom is 0.271 e. The smallest absolute Gasteiger partial charge is 0.271 e. The average molecular weight is 487 g/mol. The molecule has 5 rings (SSSR count). The summed E-state index contributed by atoms with van der Waals surface area (Å²) in [5, 5.41) is 14.6. The molecule has 0 bridgehead atoms. The summed E-state index contributed by atoms with van der Waals surface area (Å²) in [6.45, 7) is 1.54. The number of amides is 2. The van der Waals surface area contributed by atoms with Gasteiger partial charge in [0.15, 0.2) is 0 Å². The van der Waals surface area contributed by atoms with E-state index >= 15 is 0 Å². The second-order valence-electron chi connectivity index (χ2n) is 8.43. The van der Waals surface area contributed by atoms with Crippen LogP contribution in [0.2, 0.25) is 5.02 Å². The lowest BCUT2D eigenvalue weighted by molar-refractivity contribution is -0.132. The van der Waals surface area contributed by atoms with Gasteiger partial charge in [-0.25, -0.2) is 5.43 Å². The van der Waals surface area contributed by atoms with Crippen LogP contribution < -0.4 is 5.43 Å². The summed E-state index contributed by atoms with van der Waals surface area (Å²) >= 11 is 5.88. The Kier molecular flexibility index (Phi) is 6.25. The van der Waals surface area contributed by atoms with Gasteiger partial charge in [0.05, 0.1) is 11.2 Å². The molecule has 8 heteroatoms. The average Bonchev–Trinajstić information content (AvgIpc) is 3.22. The Bertz CT molecular complexity index is 1460. The van der Waals surface area contributed by atoms with Crippen molar-refractivity contribution in [2.24, 2.45) is 5.10 Å². The number of para-hydroxylation sites is 1. The number of benzene rings is 3. The number of carbonyl (C=O) groups excluding carboxylic acids is 2. The number of aromatic hydroxyl groups is 1. The molecule has 1 aromatic heterocycles. The summed E-state index contributed by atoms with van der Waals surface area (Å²) < 4.78 is 1.92. The van der Waals surface area contributed by atoms with Crippen molar-refractivity contribution in [3.63, 3.8) is 0 Å². The van der Waals surface area contributed by atoms with Gasteiger partial charge in [0, 0.05) is 41.3 Å². The monoisotopic (exact) mass is 486 g/mol. The van der Waals surface area contributed by atoms with E-state index in [1.54, 1.807) is 6.21 Å². The van der Waals surface area contributed by atoms with E-state index in [1.807, 2.05) is 52.1 Å². The van der Waals surface area contributed by atoms with E-state index in [1.165, 1.54) is 29.3 Å². The van der Waals surface area contributed by atoms with Crippen molar-refractivity contribution in [1.29, 1.82) is 0 Å². The zero-order valence-corrected chi connectivity index (χ0v) is 19.6. The Morgan fingerprint density at radius 2 is 1.83 bits per heavy atom. The minimum absolute atomic E-state index is 0.0567. The molecule has 0 saturated carbocycles. The Hall–Kier alpha value is -4.10. The quantitative estimate of drug-likeness (QED) is 0.325. The highest BCUT2D eigenvalue weighted by molar-refractivity contribution is 6.32. The first-order chi connectivity index (χ1) is 17.0. The number of aromatic nitrogens is 1. The number of hydrogen-bond donors (Lipinski definition) is 2. The largest absolute Gasteiger partial charge is 0.506 e. The van der Waals surface area contributed by atoms with Crippen LogP contribution in [0.25, 0.3) is 10.9 Å². The molecule has 0 spiro atoms. The summed E-state index contributed by atoms with van der Waals surface area (Å²) in [5.74, 6) is -0.489. The van der Waals surface area contributed by atoms with Crippen molar-refractivity contribution in [3.8, 4) is 5.75 Å². The summed E-state index contributed by atoms with van der Waals surface area (Å²) in [6.07, 6.45) is 4.28. The van der Waals surface area contributed by atoms with Gasteiger partial charge in [-0.2, -0.15) is 5.10 Å². The highest BCUT2D eigenvalue weighted by atomic mass is 35.5. The molecule has 0 radical (unpaired) electrons. The number of hydrogen-bond acceptors (Lipinski definition) is 4. The van der Waals surface area contributed by atoms with Gasteiger partial charge in [-0.15, -0.1) is 0 Å². The van der Waals surface area contributed by atoms with Gasteiger partial charge >= 0.3 is 0 Å². The Morgan fingerprint density at radius 3 is 2.66 bits per heavy atom. The first-order valence-electron chi connectivity index (χ1n) is 11.2. The third-order valence-electron chi connectivity index (χ3n) is 6.19. The summed E-state index contributed by atoms with van der Waals surface area (Å²) in [6, 6.07) is 20.2. The topological polar surface area (TPSA) is 86.9 Å². The number of carbonyl (C=O) groups is 2. The number of phenols is 1. The van der Waals surface area contributed by atoms with Crippen molar-refractivity contribution in [1.82, 2.24) is 14.9 Å². The molecule has 176 valence electrons. The van der Waals surface area contributed by atoms with Crippen molar-refractivity contribution in [2.45, 2.75) is 19.5 Å². The van der Waals surface area contributed by atoms with E-state index in [2.05, 4.69) is 22.7 Å². The second-order valence-corrected chi connectivity index (χ2v) is 8.84. The van der Waals surface area contributed by atoms with E-state index in [4.69, 9.17) is 11.6 Å². The zero-order valence-electron chi connectivity index (χ0n) is 18.8. The van der Waals surface area contributed by atoms with Crippen LogP contribution in [0.3, 0.4) is 0 Å². The second kappa shape index (κ2) is 9.64. The first kappa shape index (κ1) is 22.7. The highest BCUT2D eigenvalue weighted by Crippen LogP contribution is 2.24. The van der Waals surface area contributed by atoms with E-state index in [-0.39, 0.29) is 28.8 Å². The lowest BCUT2D eigenvalue weighted by atomic mass is 10.00. The lowest BCUT2D eigenvalue weighted by Gasteiger charge is -2.29. The molecule has 3 aromatic carbocycles. The Labute approximate surface area is 207 Å². The molecule has 35 heavy (non-hydrogen) atoms. The standard InChI is InChI=1S/C27H23ClN4O3/c28-23-13-19(9-10-25(23)33)27(35)30-29-14-21-16-32(24-8-4-3-7-22(21)24)17-26(34)31-12-11-18-5-1-2-6-20(18)15-31/h1-10,13-14,16,33H,11-12,15,17H2,(H,30,35). The highest BCUT2D eigenvalue weighted by Gasteiger charge is 2.21. The predicted molar refractivity (Wildman–Crippen MR) is 136 cm³/mol. The van der Waals surface area contributed by atoms with Crippen LogP contribution in [0, 0.1) is 0 Å². The SMILES string of the molecule is O=C(NN=Cc1cn(CC(=O)N2CCc3ccccc3C2)c2ccccc12)c1ccc(O)c(Cl)c1. The van der Waals surface area contributed by atoms with Crippen LogP contribution >= 0.6 is 11.6 Å². The molecule has 0 unspecified atom stereocenters. The van der Waals surface area contributed by atoms with Crippen LogP contribution in [0.4, 0.5) is 0 Å². The van der Waals surface area contributed by atoms with Gasteiger partial charge in [-0.1, -0.05) is 54.1 Å². The number of phenolic OH excluding ortho intramolecular Hbond substituents is 1. The van der Waals surface area contributed by atoms with Gasteiger partial charge in [-0.05, 0) is 41.8 Å². The normalized spacial score (nSPS) is 13.2. The fourth-order valence-corrected chi connectivity index (χ4v) is 4.52. The first-order valence-corrected chi connectivity index (χ1v) is 11.6. The fourth-order valence-electron chi connectivity index (χ4n) is 4.34. The lowest BCUT2D eigenvalue weighted by Crippen LogP contribution is -2.37. The number of nitrogens with one attached hydrogen (secondary N) is 1. The predicted octanol–water partition coefficient (Wildman–Crippen LogP) is 4.35. The van der Waals surface area contributed by atoms with E-state index in [0.717, 1.165) is 22.9 Å². The third-order valence-corrected chi connectivity index (χ3v) is 6.49. The molecule has 0 saturated heterocycles. The van der Waals surface area contributed by atoms with Gasteiger partial charge in [-0.3, -0.25) is 9.59 Å².